The quantitative estimate of drug-likeness (QED) is 0.625. The van der Waals surface area contributed by atoms with Gasteiger partial charge in [0.15, 0.2) is 5.60 Å². The van der Waals surface area contributed by atoms with Crippen LogP contribution in [0.15, 0.2) is 54.6 Å². The molecule has 6 heteroatoms. The Bertz CT molecular complexity index is 914. The molecule has 0 saturated carbocycles. The van der Waals surface area contributed by atoms with Gasteiger partial charge >= 0.3 is 0 Å². The first-order valence-electron chi connectivity index (χ1n) is 8.62. The van der Waals surface area contributed by atoms with E-state index in [2.05, 4.69) is 5.32 Å². The summed E-state index contributed by atoms with van der Waals surface area (Å²) >= 11 is 7.39. The minimum atomic E-state index is -1.17. The summed E-state index contributed by atoms with van der Waals surface area (Å²) < 4.78 is 6.89. The molecule has 1 heterocycles. The van der Waals surface area contributed by atoms with Gasteiger partial charge in [-0.1, -0.05) is 29.8 Å². The average molecular weight is 404 g/mol. The Balaban J connectivity index is 1.66. The Morgan fingerprint density at radius 1 is 1.15 bits per heavy atom. The monoisotopic (exact) mass is 403 g/mol. The molecule has 0 saturated heterocycles. The predicted octanol–water partition coefficient (Wildman–Crippen LogP) is 4.74. The lowest BCUT2D eigenvalue weighted by Gasteiger charge is -2.28. The van der Waals surface area contributed by atoms with E-state index in [1.807, 2.05) is 30.3 Å². The van der Waals surface area contributed by atoms with E-state index in [0.717, 1.165) is 15.0 Å². The van der Waals surface area contributed by atoms with Crippen LogP contribution in [-0.2, 0) is 10.4 Å². The molecule has 0 bridgehead atoms. The van der Waals surface area contributed by atoms with Gasteiger partial charge in [0.25, 0.3) is 5.91 Å². The van der Waals surface area contributed by atoms with Crippen molar-refractivity contribution >= 4 is 38.9 Å². The first-order chi connectivity index (χ1) is 12.7. The molecule has 0 radical (unpaired) electrons. The number of amides is 1. The summed E-state index contributed by atoms with van der Waals surface area (Å²) in [6.07, 6.45) is 0. The van der Waals surface area contributed by atoms with Crippen molar-refractivity contribution in [3.63, 3.8) is 0 Å². The van der Waals surface area contributed by atoms with Gasteiger partial charge in [0, 0.05) is 14.6 Å². The van der Waals surface area contributed by atoms with Crippen LogP contribution in [0.25, 0.3) is 10.1 Å². The highest BCUT2D eigenvalue weighted by atomic mass is 35.5. The van der Waals surface area contributed by atoms with Crippen molar-refractivity contribution in [3.05, 3.63) is 64.5 Å². The summed E-state index contributed by atoms with van der Waals surface area (Å²) in [6, 6.07) is 16.8. The number of fused-ring (bicyclic) bond motifs is 1. The fourth-order valence-electron chi connectivity index (χ4n) is 2.64. The zero-order chi connectivity index (χ0) is 19.7. The normalized spacial score (nSPS) is 14.0. The number of halogens is 1. The third kappa shape index (κ3) is 4.61. The maximum Gasteiger partial charge on any atom is 0.263 e. The van der Waals surface area contributed by atoms with Gasteiger partial charge < -0.3 is 15.2 Å². The summed E-state index contributed by atoms with van der Waals surface area (Å²) in [5.74, 6) is 0.245. The lowest BCUT2D eigenvalue weighted by molar-refractivity contribution is -0.135. The van der Waals surface area contributed by atoms with Crippen LogP contribution in [-0.4, -0.2) is 23.2 Å². The van der Waals surface area contributed by atoms with Crippen LogP contribution in [0.1, 0.15) is 25.6 Å². The van der Waals surface area contributed by atoms with Gasteiger partial charge in [-0.25, -0.2) is 0 Å². The number of hydrogen-bond acceptors (Lipinski definition) is 4. The van der Waals surface area contributed by atoms with Gasteiger partial charge in [0.2, 0.25) is 0 Å². The van der Waals surface area contributed by atoms with Crippen molar-refractivity contribution in [2.24, 2.45) is 0 Å². The SMILES string of the molecule is CC(C)(Oc1ccc(Cl)cc1)C(=O)NCC(C)(O)c1cc2ccccc2s1. The summed E-state index contributed by atoms with van der Waals surface area (Å²) in [7, 11) is 0. The van der Waals surface area contributed by atoms with Gasteiger partial charge in [-0.15, -0.1) is 11.3 Å². The van der Waals surface area contributed by atoms with Crippen molar-refractivity contribution in [1.29, 1.82) is 0 Å². The van der Waals surface area contributed by atoms with Gasteiger partial charge in [0.1, 0.15) is 11.4 Å². The Hall–Kier alpha value is -2.08. The summed E-state index contributed by atoms with van der Waals surface area (Å²) in [4.78, 5) is 13.4. The first kappa shape index (κ1) is 19.7. The van der Waals surface area contributed by atoms with E-state index in [9.17, 15) is 9.90 Å². The standard InChI is InChI=1S/C21H22ClNO3S/c1-20(2,26-16-10-8-15(22)9-11-16)19(24)23-13-21(3,25)18-12-14-6-4-5-7-17(14)27-18/h4-12,25H,13H2,1-3H3,(H,23,24). The molecular formula is C21H22ClNO3S. The largest absolute Gasteiger partial charge is 0.478 e. The topological polar surface area (TPSA) is 58.6 Å². The number of carbonyl (C=O) groups is 1. The molecule has 0 aliphatic carbocycles. The molecule has 27 heavy (non-hydrogen) atoms. The van der Waals surface area contributed by atoms with E-state index in [1.54, 1.807) is 45.0 Å². The second-order valence-electron chi connectivity index (χ2n) is 7.17. The maximum atomic E-state index is 12.6. The number of rotatable bonds is 6. The summed E-state index contributed by atoms with van der Waals surface area (Å²) in [6.45, 7) is 5.16. The number of aliphatic hydroxyl groups is 1. The van der Waals surface area contributed by atoms with E-state index in [-0.39, 0.29) is 12.5 Å². The number of benzene rings is 2. The maximum absolute atomic E-state index is 12.6. The smallest absolute Gasteiger partial charge is 0.263 e. The molecule has 1 amide bonds. The Kier molecular flexibility index (Phi) is 5.47. The molecule has 2 aromatic carbocycles. The molecule has 1 unspecified atom stereocenters. The van der Waals surface area contributed by atoms with Crippen molar-refractivity contribution in [2.45, 2.75) is 32.0 Å². The molecular weight excluding hydrogens is 382 g/mol. The third-order valence-electron chi connectivity index (χ3n) is 4.28. The number of thiophene rings is 1. The lowest BCUT2D eigenvalue weighted by atomic mass is 10.0. The van der Waals surface area contributed by atoms with Gasteiger partial charge in [0.05, 0.1) is 6.54 Å². The fraction of sp³-hybridized carbons (Fsp3) is 0.286. The molecule has 1 atom stereocenters. The van der Waals surface area contributed by atoms with Crippen LogP contribution in [0, 0.1) is 0 Å². The minimum absolute atomic E-state index is 0.0893. The highest BCUT2D eigenvalue weighted by molar-refractivity contribution is 7.19. The van der Waals surface area contributed by atoms with Crippen molar-refractivity contribution in [2.75, 3.05) is 6.54 Å². The van der Waals surface area contributed by atoms with E-state index < -0.39 is 11.2 Å². The zero-order valence-corrected chi connectivity index (χ0v) is 17.0. The zero-order valence-electron chi connectivity index (χ0n) is 15.5. The molecule has 3 aromatic rings. The van der Waals surface area contributed by atoms with E-state index >= 15 is 0 Å². The van der Waals surface area contributed by atoms with Crippen LogP contribution < -0.4 is 10.1 Å². The number of ether oxygens (including phenoxy) is 1. The Labute approximate surface area is 167 Å². The molecule has 1 aromatic heterocycles. The van der Waals surface area contributed by atoms with Crippen molar-refractivity contribution in [3.8, 4) is 5.75 Å². The molecule has 2 N–H and O–H groups in total. The highest BCUT2D eigenvalue weighted by Gasteiger charge is 2.33. The van der Waals surface area contributed by atoms with Crippen LogP contribution in [0.5, 0.6) is 5.75 Å². The van der Waals surface area contributed by atoms with E-state index in [0.29, 0.717) is 10.8 Å². The van der Waals surface area contributed by atoms with Crippen molar-refractivity contribution in [1.82, 2.24) is 5.32 Å². The lowest BCUT2D eigenvalue weighted by Crippen LogP contribution is -2.50. The molecule has 0 spiro atoms. The third-order valence-corrected chi connectivity index (χ3v) is 5.90. The van der Waals surface area contributed by atoms with Crippen LogP contribution >= 0.6 is 22.9 Å². The van der Waals surface area contributed by atoms with Crippen LogP contribution in [0.4, 0.5) is 0 Å². The van der Waals surface area contributed by atoms with Gasteiger partial charge in [-0.2, -0.15) is 0 Å². The summed E-state index contributed by atoms with van der Waals surface area (Å²) in [5.41, 5.74) is -2.26. The molecule has 142 valence electrons. The van der Waals surface area contributed by atoms with Crippen molar-refractivity contribution < 1.29 is 14.6 Å². The number of nitrogens with one attached hydrogen (secondary N) is 1. The van der Waals surface area contributed by atoms with Gasteiger partial charge in [-0.3, -0.25) is 4.79 Å². The van der Waals surface area contributed by atoms with Crippen LogP contribution in [0.3, 0.4) is 0 Å². The van der Waals surface area contributed by atoms with Crippen LogP contribution in [0.2, 0.25) is 5.02 Å². The molecule has 4 nitrogen and oxygen atoms in total. The molecule has 0 fully saturated rings. The first-order valence-corrected chi connectivity index (χ1v) is 9.81. The molecule has 3 rings (SSSR count). The number of carbonyl (C=O) groups excluding carboxylic acids is 1. The molecule has 0 aliphatic heterocycles. The second-order valence-corrected chi connectivity index (χ2v) is 8.69. The molecule has 0 aliphatic rings. The Morgan fingerprint density at radius 3 is 2.48 bits per heavy atom. The average Bonchev–Trinajstić information content (AvgIpc) is 3.06. The minimum Gasteiger partial charge on any atom is -0.478 e. The predicted molar refractivity (Wildman–Crippen MR) is 111 cm³/mol. The Morgan fingerprint density at radius 2 is 1.81 bits per heavy atom. The van der Waals surface area contributed by atoms with E-state index in [4.69, 9.17) is 16.3 Å². The fourth-order valence-corrected chi connectivity index (χ4v) is 3.88. The number of hydrogen-bond donors (Lipinski definition) is 2. The van der Waals surface area contributed by atoms with E-state index in [1.165, 1.54) is 11.3 Å². The highest BCUT2D eigenvalue weighted by Crippen LogP contribution is 2.33. The van der Waals surface area contributed by atoms with Gasteiger partial charge in [-0.05, 0) is 62.6 Å². The second kappa shape index (κ2) is 7.50. The summed E-state index contributed by atoms with van der Waals surface area (Å²) in [5, 5.41) is 15.3.